The van der Waals surface area contributed by atoms with Gasteiger partial charge in [-0.1, -0.05) is 35.0 Å². The Morgan fingerprint density at radius 3 is 2.50 bits per heavy atom. The zero-order valence-electron chi connectivity index (χ0n) is 6.07. The Morgan fingerprint density at radius 2 is 1.92 bits per heavy atom. The number of rotatable bonds is 0. The Labute approximate surface area is 86.4 Å². The molecule has 1 aromatic carbocycles. The van der Waals surface area contributed by atoms with Crippen LogP contribution in [-0.4, -0.2) is 5.88 Å². The fourth-order valence-electron chi connectivity index (χ4n) is 0.709. The summed E-state index contributed by atoms with van der Waals surface area (Å²) in [6.45, 7) is 0. The first-order valence-electron chi connectivity index (χ1n) is 3.24. The van der Waals surface area contributed by atoms with Crippen LogP contribution in [0.2, 0.25) is 10.0 Å². The van der Waals surface area contributed by atoms with E-state index in [9.17, 15) is 0 Å². The number of benzene rings is 1. The molecule has 0 nitrogen and oxygen atoms in total. The maximum atomic E-state index is 5.76. The predicted molar refractivity (Wildman–Crippen MR) is 54.1 cm³/mol. The molecule has 62 valence electrons. The van der Waals surface area contributed by atoms with E-state index in [0.29, 0.717) is 15.9 Å². The van der Waals surface area contributed by atoms with Gasteiger partial charge in [0.05, 0.1) is 15.9 Å². The van der Waals surface area contributed by atoms with E-state index in [2.05, 4.69) is 11.8 Å². The highest BCUT2D eigenvalue weighted by Crippen LogP contribution is 2.21. The Kier molecular flexibility index (Phi) is 3.75. The lowest BCUT2D eigenvalue weighted by atomic mass is 10.2. The highest BCUT2D eigenvalue weighted by Gasteiger charge is 1.95. The van der Waals surface area contributed by atoms with E-state index in [-0.39, 0.29) is 0 Å². The van der Waals surface area contributed by atoms with Crippen molar-refractivity contribution < 1.29 is 0 Å². The molecule has 0 spiro atoms. The van der Waals surface area contributed by atoms with Crippen molar-refractivity contribution in [1.29, 1.82) is 0 Å². The van der Waals surface area contributed by atoms with Crippen LogP contribution in [0.15, 0.2) is 18.2 Å². The molecule has 0 radical (unpaired) electrons. The quantitative estimate of drug-likeness (QED) is 0.462. The average molecular weight is 219 g/mol. The molecule has 1 rings (SSSR count). The molecule has 12 heavy (non-hydrogen) atoms. The van der Waals surface area contributed by atoms with Crippen LogP contribution in [0.3, 0.4) is 0 Å². The molecule has 0 amide bonds. The van der Waals surface area contributed by atoms with Crippen molar-refractivity contribution >= 4 is 34.8 Å². The van der Waals surface area contributed by atoms with Crippen molar-refractivity contribution in [2.45, 2.75) is 0 Å². The minimum atomic E-state index is 0.320. The van der Waals surface area contributed by atoms with Crippen LogP contribution in [0, 0.1) is 11.8 Å². The third kappa shape index (κ3) is 2.60. The molecule has 0 unspecified atom stereocenters. The van der Waals surface area contributed by atoms with E-state index in [0.717, 1.165) is 5.56 Å². The van der Waals surface area contributed by atoms with Crippen molar-refractivity contribution in [3.63, 3.8) is 0 Å². The highest BCUT2D eigenvalue weighted by atomic mass is 35.5. The molecule has 0 atom stereocenters. The van der Waals surface area contributed by atoms with Gasteiger partial charge in [0, 0.05) is 5.56 Å². The normalized spacial score (nSPS) is 8.92. The average Bonchev–Trinajstić information content (AvgIpc) is 2.07. The van der Waals surface area contributed by atoms with E-state index in [4.69, 9.17) is 34.8 Å². The summed E-state index contributed by atoms with van der Waals surface area (Å²) in [5.74, 6) is 5.88. The maximum absolute atomic E-state index is 5.76. The molecule has 0 fully saturated rings. The molecule has 0 N–H and O–H groups in total. The third-order valence-corrected chi connectivity index (χ3v) is 2.09. The van der Waals surface area contributed by atoms with Gasteiger partial charge in [-0.05, 0) is 18.2 Å². The number of halogens is 3. The largest absolute Gasteiger partial charge is 0.113 e. The van der Waals surface area contributed by atoms with Crippen molar-refractivity contribution in [1.82, 2.24) is 0 Å². The van der Waals surface area contributed by atoms with Gasteiger partial charge in [-0.25, -0.2) is 0 Å². The van der Waals surface area contributed by atoms with Gasteiger partial charge in [-0.15, -0.1) is 11.6 Å². The van der Waals surface area contributed by atoms with Crippen LogP contribution in [0.4, 0.5) is 0 Å². The van der Waals surface area contributed by atoms with Crippen LogP contribution in [0.1, 0.15) is 5.56 Å². The van der Waals surface area contributed by atoms with Gasteiger partial charge in [0.1, 0.15) is 0 Å². The zero-order chi connectivity index (χ0) is 8.97. The van der Waals surface area contributed by atoms with Crippen molar-refractivity contribution in [3.8, 4) is 11.8 Å². The van der Waals surface area contributed by atoms with Gasteiger partial charge >= 0.3 is 0 Å². The number of hydrogen-bond acceptors (Lipinski definition) is 0. The van der Waals surface area contributed by atoms with E-state index in [1.807, 2.05) is 0 Å². The zero-order valence-corrected chi connectivity index (χ0v) is 8.34. The maximum Gasteiger partial charge on any atom is 0.0839 e. The van der Waals surface area contributed by atoms with Crippen molar-refractivity contribution in [3.05, 3.63) is 33.8 Å². The number of alkyl halides is 1. The van der Waals surface area contributed by atoms with Gasteiger partial charge < -0.3 is 0 Å². The third-order valence-electron chi connectivity index (χ3n) is 1.22. The molecule has 0 saturated carbocycles. The van der Waals surface area contributed by atoms with Crippen LogP contribution in [0.5, 0.6) is 0 Å². The summed E-state index contributed by atoms with van der Waals surface area (Å²) in [7, 11) is 0. The monoisotopic (exact) mass is 218 g/mol. The summed E-state index contributed by atoms with van der Waals surface area (Å²) in [6.07, 6.45) is 0. The Hall–Kier alpha value is -0.350. The summed E-state index contributed by atoms with van der Waals surface area (Å²) in [5, 5.41) is 1.05. The van der Waals surface area contributed by atoms with Gasteiger partial charge in [-0.2, -0.15) is 0 Å². The van der Waals surface area contributed by atoms with Crippen LogP contribution >= 0.6 is 34.8 Å². The minimum absolute atomic E-state index is 0.320. The van der Waals surface area contributed by atoms with E-state index < -0.39 is 0 Å². The minimum Gasteiger partial charge on any atom is -0.113 e. The lowest BCUT2D eigenvalue weighted by molar-refractivity contribution is 1.64. The molecular weight excluding hydrogens is 214 g/mol. The first-order chi connectivity index (χ1) is 5.74. The Morgan fingerprint density at radius 1 is 1.17 bits per heavy atom. The molecule has 3 heteroatoms. The second-order valence-electron chi connectivity index (χ2n) is 2.06. The second-order valence-corrected chi connectivity index (χ2v) is 3.15. The standard InChI is InChI=1S/C9H5Cl3/c10-5-1-2-7-3-4-8(11)9(12)6-7/h3-4,6H,5H2. The molecule has 0 aliphatic heterocycles. The lowest BCUT2D eigenvalue weighted by Crippen LogP contribution is -1.75. The fraction of sp³-hybridized carbons (Fsp3) is 0.111. The first kappa shape index (κ1) is 9.74. The van der Waals surface area contributed by atoms with Crippen LogP contribution in [-0.2, 0) is 0 Å². The molecule has 0 bridgehead atoms. The topological polar surface area (TPSA) is 0 Å². The Bertz CT molecular complexity index is 333. The summed E-state index contributed by atoms with van der Waals surface area (Å²) in [6, 6.07) is 5.22. The smallest absolute Gasteiger partial charge is 0.0839 e. The Balaban J connectivity index is 2.97. The fourth-order valence-corrected chi connectivity index (χ4v) is 1.07. The van der Waals surface area contributed by atoms with Gasteiger partial charge in [0.15, 0.2) is 0 Å². The van der Waals surface area contributed by atoms with Crippen molar-refractivity contribution in [2.75, 3.05) is 5.88 Å². The molecular formula is C9H5Cl3. The van der Waals surface area contributed by atoms with Gasteiger partial charge in [0.25, 0.3) is 0 Å². The summed E-state index contributed by atoms with van der Waals surface area (Å²) < 4.78 is 0. The predicted octanol–water partition coefficient (Wildman–Crippen LogP) is 3.58. The highest BCUT2D eigenvalue weighted by molar-refractivity contribution is 6.42. The molecule has 0 aromatic heterocycles. The molecule has 0 saturated heterocycles. The van der Waals surface area contributed by atoms with Gasteiger partial charge in [0.2, 0.25) is 0 Å². The SMILES string of the molecule is ClCC#Cc1ccc(Cl)c(Cl)c1. The second kappa shape index (κ2) is 4.62. The van der Waals surface area contributed by atoms with Crippen LogP contribution < -0.4 is 0 Å². The molecule has 0 heterocycles. The van der Waals surface area contributed by atoms with Crippen molar-refractivity contribution in [2.24, 2.45) is 0 Å². The molecule has 0 aliphatic carbocycles. The lowest BCUT2D eigenvalue weighted by Gasteiger charge is -1.94. The summed E-state index contributed by atoms with van der Waals surface area (Å²) >= 11 is 16.9. The van der Waals surface area contributed by atoms with E-state index in [1.165, 1.54) is 0 Å². The summed E-state index contributed by atoms with van der Waals surface area (Å²) in [5.41, 5.74) is 0.824. The van der Waals surface area contributed by atoms with E-state index >= 15 is 0 Å². The molecule has 1 aromatic rings. The summed E-state index contributed by atoms with van der Waals surface area (Å²) in [4.78, 5) is 0. The number of hydrogen-bond donors (Lipinski definition) is 0. The first-order valence-corrected chi connectivity index (χ1v) is 4.53. The van der Waals surface area contributed by atoms with Crippen LogP contribution in [0.25, 0.3) is 0 Å². The van der Waals surface area contributed by atoms with E-state index in [1.54, 1.807) is 18.2 Å². The van der Waals surface area contributed by atoms with Gasteiger partial charge in [-0.3, -0.25) is 0 Å². The molecule has 0 aliphatic rings.